The van der Waals surface area contributed by atoms with Gasteiger partial charge in [0.05, 0.1) is 20.7 Å². The lowest BCUT2D eigenvalue weighted by Crippen LogP contribution is -2.36. The molecule has 0 amide bonds. The molecule has 1 unspecified atom stereocenters. The SMILES string of the molecule is O=C(O)C1CCCN1c1c(Cl)cc([N+](=O)[O-])cc1Cl. The molecule has 2 rings (SSSR count). The molecule has 0 bridgehead atoms. The Bertz CT molecular complexity index is 526. The Morgan fingerprint density at radius 2 is 2.00 bits per heavy atom. The van der Waals surface area contributed by atoms with Gasteiger partial charge in [0.1, 0.15) is 6.04 Å². The van der Waals surface area contributed by atoms with E-state index in [4.69, 9.17) is 28.3 Å². The lowest BCUT2D eigenvalue weighted by Gasteiger charge is -2.25. The van der Waals surface area contributed by atoms with Crippen molar-refractivity contribution in [1.82, 2.24) is 0 Å². The molecule has 1 saturated heterocycles. The third-order valence-corrected chi connectivity index (χ3v) is 3.61. The quantitative estimate of drug-likeness (QED) is 0.685. The molecule has 0 radical (unpaired) electrons. The summed E-state index contributed by atoms with van der Waals surface area (Å²) in [6, 6.07) is 1.66. The first-order valence-corrected chi connectivity index (χ1v) is 6.30. The fraction of sp³-hybridized carbons (Fsp3) is 0.364. The standard InChI is InChI=1S/C11H10Cl2N2O4/c12-7-4-6(15(18)19)5-8(13)10(7)14-3-1-2-9(14)11(16)17/h4-5,9H,1-3H2,(H,16,17). The van der Waals surface area contributed by atoms with Crippen LogP contribution in [0, 0.1) is 10.1 Å². The Kier molecular flexibility index (Phi) is 3.82. The fourth-order valence-corrected chi connectivity index (χ4v) is 2.92. The highest BCUT2D eigenvalue weighted by Crippen LogP contribution is 2.40. The van der Waals surface area contributed by atoms with Crippen molar-refractivity contribution in [3.63, 3.8) is 0 Å². The van der Waals surface area contributed by atoms with Gasteiger partial charge in [-0.25, -0.2) is 4.79 Å². The number of carboxylic acids is 1. The summed E-state index contributed by atoms with van der Waals surface area (Å²) < 4.78 is 0. The number of rotatable bonds is 3. The van der Waals surface area contributed by atoms with Gasteiger partial charge >= 0.3 is 5.97 Å². The molecule has 1 aromatic rings. The minimum absolute atomic E-state index is 0.0901. The van der Waals surface area contributed by atoms with Gasteiger partial charge < -0.3 is 10.0 Å². The number of nitro groups is 1. The van der Waals surface area contributed by atoms with E-state index in [1.165, 1.54) is 12.1 Å². The molecule has 19 heavy (non-hydrogen) atoms. The van der Waals surface area contributed by atoms with E-state index in [9.17, 15) is 14.9 Å². The van der Waals surface area contributed by atoms with Gasteiger partial charge in [-0.2, -0.15) is 0 Å². The van der Waals surface area contributed by atoms with Crippen LogP contribution in [0.25, 0.3) is 0 Å². The zero-order chi connectivity index (χ0) is 14.2. The Morgan fingerprint density at radius 1 is 1.42 bits per heavy atom. The average molecular weight is 305 g/mol. The van der Waals surface area contributed by atoms with Crippen LogP contribution >= 0.6 is 23.2 Å². The summed E-state index contributed by atoms with van der Waals surface area (Å²) >= 11 is 12.0. The van der Waals surface area contributed by atoms with E-state index in [1.54, 1.807) is 4.90 Å². The highest BCUT2D eigenvalue weighted by molar-refractivity contribution is 6.39. The smallest absolute Gasteiger partial charge is 0.326 e. The van der Waals surface area contributed by atoms with Crippen LogP contribution in [0.3, 0.4) is 0 Å². The molecule has 1 aliphatic heterocycles. The van der Waals surface area contributed by atoms with Gasteiger partial charge in [0.25, 0.3) is 5.69 Å². The molecule has 1 fully saturated rings. The van der Waals surface area contributed by atoms with Crippen molar-refractivity contribution in [2.75, 3.05) is 11.4 Å². The number of carboxylic acid groups (broad SMARTS) is 1. The predicted octanol–water partition coefficient (Wildman–Crippen LogP) is 2.96. The number of hydrogen-bond donors (Lipinski definition) is 1. The van der Waals surface area contributed by atoms with E-state index >= 15 is 0 Å². The minimum atomic E-state index is -0.956. The van der Waals surface area contributed by atoms with Gasteiger partial charge in [0.2, 0.25) is 0 Å². The van der Waals surface area contributed by atoms with Crippen LogP contribution in [0.4, 0.5) is 11.4 Å². The van der Waals surface area contributed by atoms with Crippen molar-refractivity contribution in [2.45, 2.75) is 18.9 Å². The summed E-state index contributed by atoms with van der Waals surface area (Å²) in [6.45, 7) is 0.508. The molecular formula is C11H10Cl2N2O4. The first kappa shape index (κ1) is 13.9. The van der Waals surface area contributed by atoms with E-state index in [0.29, 0.717) is 25.1 Å². The van der Waals surface area contributed by atoms with Crippen LogP contribution in [0.5, 0.6) is 0 Å². The molecule has 1 aromatic carbocycles. The summed E-state index contributed by atoms with van der Waals surface area (Å²) in [5.74, 6) is -0.956. The second-order valence-electron chi connectivity index (χ2n) is 4.20. The fourth-order valence-electron chi connectivity index (χ4n) is 2.22. The number of anilines is 1. The Balaban J connectivity index is 2.45. The largest absolute Gasteiger partial charge is 0.480 e. The highest BCUT2D eigenvalue weighted by atomic mass is 35.5. The lowest BCUT2D eigenvalue weighted by atomic mass is 10.2. The number of hydrogen-bond acceptors (Lipinski definition) is 4. The molecule has 1 aliphatic rings. The molecule has 8 heteroatoms. The Labute approximate surface area is 118 Å². The summed E-state index contributed by atoms with van der Waals surface area (Å²) in [5.41, 5.74) is 0.128. The van der Waals surface area contributed by atoms with Crippen molar-refractivity contribution in [2.24, 2.45) is 0 Å². The van der Waals surface area contributed by atoms with Crippen molar-refractivity contribution in [1.29, 1.82) is 0 Å². The van der Waals surface area contributed by atoms with E-state index in [1.807, 2.05) is 0 Å². The molecule has 1 atom stereocenters. The van der Waals surface area contributed by atoms with Crippen molar-refractivity contribution < 1.29 is 14.8 Å². The van der Waals surface area contributed by atoms with Crippen molar-refractivity contribution >= 4 is 40.5 Å². The molecule has 102 valence electrons. The van der Waals surface area contributed by atoms with Crippen LogP contribution in [0.2, 0.25) is 10.0 Å². The predicted molar refractivity (Wildman–Crippen MR) is 71.1 cm³/mol. The third-order valence-electron chi connectivity index (χ3n) is 3.04. The number of nitro benzene ring substituents is 1. The van der Waals surface area contributed by atoms with Gasteiger partial charge in [-0.1, -0.05) is 23.2 Å². The summed E-state index contributed by atoms with van der Waals surface area (Å²) in [7, 11) is 0. The second-order valence-corrected chi connectivity index (χ2v) is 5.02. The maximum Gasteiger partial charge on any atom is 0.326 e. The van der Waals surface area contributed by atoms with E-state index in [0.717, 1.165) is 0 Å². The maximum absolute atomic E-state index is 11.1. The topological polar surface area (TPSA) is 83.7 Å². The first-order valence-electron chi connectivity index (χ1n) is 5.54. The van der Waals surface area contributed by atoms with Gasteiger partial charge in [0, 0.05) is 18.7 Å². The molecule has 1 N–H and O–H groups in total. The van der Waals surface area contributed by atoms with Crippen LogP contribution in [-0.2, 0) is 4.79 Å². The number of carbonyl (C=O) groups is 1. The monoisotopic (exact) mass is 304 g/mol. The normalized spacial score (nSPS) is 18.6. The van der Waals surface area contributed by atoms with Gasteiger partial charge in [-0.15, -0.1) is 0 Å². The molecule has 6 nitrogen and oxygen atoms in total. The van der Waals surface area contributed by atoms with Crippen molar-refractivity contribution in [3.8, 4) is 0 Å². The van der Waals surface area contributed by atoms with Crippen LogP contribution in [0.15, 0.2) is 12.1 Å². The first-order chi connectivity index (χ1) is 8.91. The molecule has 0 spiro atoms. The zero-order valence-electron chi connectivity index (χ0n) is 9.68. The summed E-state index contributed by atoms with van der Waals surface area (Å²) in [6.07, 6.45) is 1.21. The van der Waals surface area contributed by atoms with Crippen LogP contribution in [-0.4, -0.2) is 28.6 Å². The number of non-ortho nitro benzene ring substituents is 1. The molecule has 0 aliphatic carbocycles. The Morgan fingerprint density at radius 3 is 2.47 bits per heavy atom. The van der Waals surface area contributed by atoms with Gasteiger partial charge in [-0.3, -0.25) is 10.1 Å². The summed E-state index contributed by atoms with van der Waals surface area (Å²) in [4.78, 5) is 22.8. The van der Waals surface area contributed by atoms with Crippen LogP contribution < -0.4 is 4.90 Å². The Hall–Kier alpha value is -1.53. The number of aliphatic carboxylic acids is 1. The molecule has 0 aromatic heterocycles. The minimum Gasteiger partial charge on any atom is -0.480 e. The van der Waals surface area contributed by atoms with E-state index < -0.39 is 16.9 Å². The maximum atomic E-state index is 11.1. The summed E-state index contributed by atoms with van der Waals surface area (Å²) in [5, 5.41) is 20.0. The second kappa shape index (κ2) is 5.22. The highest BCUT2D eigenvalue weighted by Gasteiger charge is 2.33. The van der Waals surface area contributed by atoms with Gasteiger partial charge in [0.15, 0.2) is 0 Å². The molecule has 1 heterocycles. The van der Waals surface area contributed by atoms with Crippen LogP contribution in [0.1, 0.15) is 12.8 Å². The van der Waals surface area contributed by atoms with E-state index in [2.05, 4.69) is 0 Å². The zero-order valence-corrected chi connectivity index (χ0v) is 11.2. The van der Waals surface area contributed by atoms with Gasteiger partial charge in [-0.05, 0) is 12.8 Å². The van der Waals surface area contributed by atoms with E-state index in [-0.39, 0.29) is 15.7 Å². The molecule has 0 saturated carbocycles. The average Bonchev–Trinajstić information content (AvgIpc) is 2.76. The number of benzene rings is 1. The number of halogens is 2. The number of nitrogens with zero attached hydrogens (tertiary/aromatic N) is 2. The lowest BCUT2D eigenvalue weighted by molar-refractivity contribution is -0.384. The van der Waals surface area contributed by atoms with Crippen molar-refractivity contribution in [3.05, 3.63) is 32.3 Å². The third kappa shape index (κ3) is 2.59. The molecular weight excluding hydrogens is 295 g/mol.